The van der Waals surface area contributed by atoms with Crippen LogP contribution >= 0.6 is 0 Å². The second kappa shape index (κ2) is 7.06. The Balaban J connectivity index is 1.90. The van der Waals surface area contributed by atoms with Crippen molar-refractivity contribution >= 4 is 17.6 Å². The SMILES string of the molecule is CCCNc1cccc(C(=O)NC(C)C(=O)NC2CC2)n1. The molecule has 1 aromatic rings. The summed E-state index contributed by atoms with van der Waals surface area (Å²) in [6.45, 7) is 4.54. The fourth-order valence-electron chi connectivity index (χ4n) is 1.80. The Kier molecular flexibility index (Phi) is 5.14. The number of nitrogens with one attached hydrogen (secondary N) is 3. The van der Waals surface area contributed by atoms with Gasteiger partial charge in [0.2, 0.25) is 5.91 Å². The van der Waals surface area contributed by atoms with Crippen LogP contribution in [0.1, 0.15) is 43.6 Å². The first kappa shape index (κ1) is 15.3. The zero-order valence-electron chi connectivity index (χ0n) is 12.5. The molecule has 6 nitrogen and oxygen atoms in total. The molecule has 0 radical (unpaired) electrons. The number of pyridine rings is 1. The van der Waals surface area contributed by atoms with Gasteiger partial charge in [-0.05, 0) is 38.3 Å². The van der Waals surface area contributed by atoms with Crippen molar-refractivity contribution < 1.29 is 9.59 Å². The van der Waals surface area contributed by atoms with Crippen LogP contribution < -0.4 is 16.0 Å². The highest BCUT2D eigenvalue weighted by Crippen LogP contribution is 2.18. The highest BCUT2D eigenvalue weighted by Gasteiger charge is 2.26. The van der Waals surface area contributed by atoms with Crippen molar-refractivity contribution in [3.8, 4) is 0 Å². The molecule has 0 aliphatic heterocycles. The molecule has 0 aromatic carbocycles. The van der Waals surface area contributed by atoms with Gasteiger partial charge in [0.1, 0.15) is 17.6 Å². The second-order valence-corrected chi connectivity index (χ2v) is 5.31. The lowest BCUT2D eigenvalue weighted by molar-refractivity contribution is -0.122. The summed E-state index contributed by atoms with van der Waals surface area (Å²) < 4.78 is 0. The summed E-state index contributed by atoms with van der Waals surface area (Å²) in [6.07, 6.45) is 3.04. The third-order valence-electron chi connectivity index (χ3n) is 3.20. The molecule has 1 atom stereocenters. The van der Waals surface area contributed by atoms with Gasteiger partial charge in [-0.25, -0.2) is 4.98 Å². The van der Waals surface area contributed by atoms with E-state index in [1.54, 1.807) is 19.1 Å². The van der Waals surface area contributed by atoms with E-state index in [0.29, 0.717) is 11.5 Å². The van der Waals surface area contributed by atoms with Gasteiger partial charge in [-0.1, -0.05) is 13.0 Å². The van der Waals surface area contributed by atoms with E-state index in [1.807, 2.05) is 6.07 Å². The molecule has 1 fully saturated rings. The molecular weight excluding hydrogens is 268 g/mol. The summed E-state index contributed by atoms with van der Waals surface area (Å²) in [4.78, 5) is 28.2. The summed E-state index contributed by atoms with van der Waals surface area (Å²) in [6, 6.07) is 4.95. The number of carbonyl (C=O) groups is 2. The maximum atomic E-state index is 12.1. The third kappa shape index (κ3) is 4.73. The van der Waals surface area contributed by atoms with Gasteiger partial charge >= 0.3 is 0 Å². The van der Waals surface area contributed by atoms with Gasteiger partial charge in [-0.2, -0.15) is 0 Å². The normalized spacial score (nSPS) is 15.1. The molecule has 2 rings (SSSR count). The van der Waals surface area contributed by atoms with Crippen LogP contribution in [0.4, 0.5) is 5.82 Å². The minimum Gasteiger partial charge on any atom is -0.370 e. The number of hydrogen-bond donors (Lipinski definition) is 3. The summed E-state index contributed by atoms with van der Waals surface area (Å²) in [5.41, 5.74) is 0.308. The number of carbonyl (C=O) groups excluding carboxylic acids is 2. The van der Waals surface area contributed by atoms with Gasteiger partial charge in [0.25, 0.3) is 5.91 Å². The van der Waals surface area contributed by atoms with Gasteiger partial charge < -0.3 is 16.0 Å². The van der Waals surface area contributed by atoms with E-state index in [0.717, 1.165) is 25.8 Å². The smallest absolute Gasteiger partial charge is 0.270 e. The van der Waals surface area contributed by atoms with Gasteiger partial charge in [0, 0.05) is 12.6 Å². The number of amides is 2. The summed E-state index contributed by atoms with van der Waals surface area (Å²) >= 11 is 0. The first-order valence-electron chi connectivity index (χ1n) is 7.42. The summed E-state index contributed by atoms with van der Waals surface area (Å²) in [5, 5.41) is 8.66. The fourth-order valence-corrected chi connectivity index (χ4v) is 1.80. The zero-order chi connectivity index (χ0) is 15.2. The summed E-state index contributed by atoms with van der Waals surface area (Å²) in [5.74, 6) is 0.180. The number of anilines is 1. The molecule has 1 aliphatic rings. The van der Waals surface area contributed by atoms with Crippen molar-refractivity contribution in [2.75, 3.05) is 11.9 Å². The Morgan fingerprint density at radius 2 is 2.14 bits per heavy atom. The average Bonchev–Trinajstić information content (AvgIpc) is 3.29. The molecule has 1 aliphatic carbocycles. The molecule has 0 saturated heterocycles. The molecule has 1 heterocycles. The van der Waals surface area contributed by atoms with Crippen LogP contribution in [-0.4, -0.2) is 35.4 Å². The molecule has 114 valence electrons. The Hall–Kier alpha value is -2.11. The van der Waals surface area contributed by atoms with Crippen LogP contribution in [0.15, 0.2) is 18.2 Å². The van der Waals surface area contributed by atoms with Crippen LogP contribution in [0.2, 0.25) is 0 Å². The maximum Gasteiger partial charge on any atom is 0.270 e. The molecule has 1 saturated carbocycles. The van der Waals surface area contributed by atoms with Crippen LogP contribution in [0.5, 0.6) is 0 Å². The quantitative estimate of drug-likeness (QED) is 0.707. The average molecular weight is 290 g/mol. The number of rotatable bonds is 7. The second-order valence-electron chi connectivity index (χ2n) is 5.31. The number of nitrogens with zero attached hydrogens (tertiary/aromatic N) is 1. The molecule has 1 aromatic heterocycles. The number of hydrogen-bond acceptors (Lipinski definition) is 4. The minimum absolute atomic E-state index is 0.147. The first-order chi connectivity index (χ1) is 10.1. The summed E-state index contributed by atoms with van der Waals surface area (Å²) in [7, 11) is 0. The van der Waals surface area contributed by atoms with E-state index >= 15 is 0 Å². The van der Waals surface area contributed by atoms with Crippen LogP contribution in [0, 0.1) is 0 Å². The molecular formula is C15H22N4O2. The van der Waals surface area contributed by atoms with E-state index in [9.17, 15) is 9.59 Å². The molecule has 3 N–H and O–H groups in total. The van der Waals surface area contributed by atoms with Crippen molar-refractivity contribution in [2.45, 2.75) is 45.2 Å². The molecule has 21 heavy (non-hydrogen) atoms. The van der Waals surface area contributed by atoms with E-state index in [1.165, 1.54) is 0 Å². The highest BCUT2D eigenvalue weighted by molar-refractivity contribution is 5.96. The fraction of sp³-hybridized carbons (Fsp3) is 0.533. The lowest BCUT2D eigenvalue weighted by Crippen LogP contribution is -2.45. The predicted molar refractivity (Wildman–Crippen MR) is 81.1 cm³/mol. The standard InChI is InChI=1S/C15H22N4O2/c1-3-9-16-13-6-4-5-12(19-13)15(21)17-10(2)14(20)18-11-7-8-11/h4-6,10-11H,3,7-9H2,1-2H3,(H,16,19)(H,17,21)(H,18,20). The van der Waals surface area contributed by atoms with Gasteiger partial charge in [0.05, 0.1) is 0 Å². The highest BCUT2D eigenvalue weighted by atomic mass is 16.2. The lowest BCUT2D eigenvalue weighted by Gasteiger charge is -2.14. The van der Waals surface area contributed by atoms with E-state index in [4.69, 9.17) is 0 Å². The molecule has 0 bridgehead atoms. The first-order valence-corrected chi connectivity index (χ1v) is 7.42. The topological polar surface area (TPSA) is 83.1 Å². The third-order valence-corrected chi connectivity index (χ3v) is 3.20. The van der Waals surface area contributed by atoms with E-state index in [2.05, 4.69) is 27.9 Å². The molecule has 1 unspecified atom stereocenters. The van der Waals surface area contributed by atoms with Gasteiger partial charge in [-0.3, -0.25) is 9.59 Å². The van der Waals surface area contributed by atoms with Crippen LogP contribution in [0.25, 0.3) is 0 Å². The van der Waals surface area contributed by atoms with E-state index < -0.39 is 6.04 Å². The van der Waals surface area contributed by atoms with Crippen molar-refractivity contribution in [1.82, 2.24) is 15.6 Å². The van der Waals surface area contributed by atoms with Gasteiger partial charge in [-0.15, -0.1) is 0 Å². The Bertz CT molecular complexity index is 514. The Morgan fingerprint density at radius 3 is 2.81 bits per heavy atom. The zero-order valence-corrected chi connectivity index (χ0v) is 12.5. The Morgan fingerprint density at radius 1 is 1.38 bits per heavy atom. The molecule has 2 amide bonds. The van der Waals surface area contributed by atoms with Crippen molar-refractivity contribution in [2.24, 2.45) is 0 Å². The van der Waals surface area contributed by atoms with Crippen molar-refractivity contribution in [3.63, 3.8) is 0 Å². The van der Waals surface area contributed by atoms with Crippen LogP contribution in [0.3, 0.4) is 0 Å². The Labute approximate surface area is 124 Å². The molecule has 0 spiro atoms. The maximum absolute atomic E-state index is 12.1. The molecule has 6 heteroatoms. The van der Waals surface area contributed by atoms with Crippen molar-refractivity contribution in [3.05, 3.63) is 23.9 Å². The monoisotopic (exact) mass is 290 g/mol. The van der Waals surface area contributed by atoms with Crippen molar-refractivity contribution in [1.29, 1.82) is 0 Å². The minimum atomic E-state index is -0.563. The predicted octanol–water partition coefficient (Wildman–Crippen LogP) is 1.30. The largest absolute Gasteiger partial charge is 0.370 e. The van der Waals surface area contributed by atoms with Crippen LogP contribution in [-0.2, 0) is 4.79 Å². The lowest BCUT2D eigenvalue weighted by atomic mass is 10.2. The number of aromatic nitrogens is 1. The van der Waals surface area contributed by atoms with Gasteiger partial charge in [0.15, 0.2) is 0 Å². The van der Waals surface area contributed by atoms with E-state index in [-0.39, 0.29) is 17.9 Å².